The first kappa shape index (κ1) is 8.40. The average Bonchev–Trinajstić information content (AvgIpc) is 2.47. The van der Waals surface area contributed by atoms with Gasteiger partial charge in [-0.15, -0.1) is 11.3 Å². The minimum Gasteiger partial charge on any atom is -0.321 e. The quantitative estimate of drug-likeness (QED) is 0.543. The fraction of sp³-hybridized carbons (Fsp3) is 0.125. The molecule has 13 heavy (non-hydrogen) atoms. The molecule has 68 valence electrons. The SMILES string of the molecule is Cc1nc2ccc(NN)c(F)c2s1. The van der Waals surface area contributed by atoms with Crippen LogP contribution >= 0.6 is 11.3 Å². The second kappa shape index (κ2) is 2.93. The Morgan fingerprint density at radius 3 is 3.00 bits per heavy atom. The first-order valence-electron chi connectivity index (χ1n) is 3.74. The van der Waals surface area contributed by atoms with E-state index in [1.807, 2.05) is 6.92 Å². The van der Waals surface area contributed by atoms with Crippen molar-refractivity contribution in [3.63, 3.8) is 0 Å². The Kier molecular flexibility index (Phi) is 1.90. The Labute approximate surface area is 78.4 Å². The summed E-state index contributed by atoms with van der Waals surface area (Å²) in [7, 11) is 0. The molecule has 1 aromatic carbocycles. The molecule has 0 bridgehead atoms. The Bertz CT molecular complexity index is 452. The fourth-order valence-corrected chi connectivity index (χ4v) is 2.04. The highest BCUT2D eigenvalue weighted by atomic mass is 32.1. The van der Waals surface area contributed by atoms with Crippen LogP contribution in [0, 0.1) is 12.7 Å². The standard InChI is InChI=1S/C8H8FN3S/c1-4-11-6-3-2-5(12-10)7(9)8(6)13-4/h2-3,12H,10H2,1H3. The number of rotatable bonds is 1. The number of hydrazine groups is 1. The smallest absolute Gasteiger partial charge is 0.167 e. The van der Waals surface area contributed by atoms with E-state index in [1.54, 1.807) is 12.1 Å². The van der Waals surface area contributed by atoms with Crippen LogP contribution in [0.3, 0.4) is 0 Å². The highest BCUT2D eigenvalue weighted by Crippen LogP contribution is 2.28. The van der Waals surface area contributed by atoms with E-state index in [-0.39, 0.29) is 5.82 Å². The summed E-state index contributed by atoms with van der Waals surface area (Å²) in [6.45, 7) is 1.85. The molecule has 0 saturated carbocycles. The number of nitrogens with zero attached hydrogens (tertiary/aromatic N) is 1. The van der Waals surface area contributed by atoms with E-state index in [0.717, 1.165) is 5.01 Å². The fourth-order valence-electron chi connectivity index (χ4n) is 1.18. The largest absolute Gasteiger partial charge is 0.321 e. The zero-order chi connectivity index (χ0) is 9.42. The van der Waals surface area contributed by atoms with Crippen LogP contribution in [0.2, 0.25) is 0 Å². The van der Waals surface area contributed by atoms with E-state index in [9.17, 15) is 4.39 Å². The highest BCUT2D eigenvalue weighted by molar-refractivity contribution is 7.18. The van der Waals surface area contributed by atoms with Crippen LogP contribution in [0.15, 0.2) is 12.1 Å². The van der Waals surface area contributed by atoms with Gasteiger partial charge in [-0.3, -0.25) is 5.84 Å². The topological polar surface area (TPSA) is 50.9 Å². The second-order valence-corrected chi connectivity index (χ2v) is 3.86. The van der Waals surface area contributed by atoms with Crippen molar-refractivity contribution < 1.29 is 4.39 Å². The lowest BCUT2D eigenvalue weighted by Gasteiger charge is -2.00. The van der Waals surface area contributed by atoms with Crippen LogP contribution in [0.4, 0.5) is 10.1 Å². The van der Waals surface area contributed by atoms with Crippen molar-refractivity contribution in [2.24, 2.45) is 5.84 Å². The number of nitrogen functional groups attached to an aromatic ring is 1. The van der Waals surface area contributed by atoms with Crippen LogP contribution in [0.1, 0.15) is 5.01 Å². The van der Waals surface area contributed by atoms with E-state index in [1.165, 1.54) is 11.3 Å². The molecule has 1 heterocycles. The third kappa shape index (κ3) is 1.26. The van der Waals surface area contributed by atoms with Gasteiger partial charge in [-0.25, -0.2) is 9.37 Å². The zero-order valence-electron chi connectivity index (χ0n) is 6.97. The third-order valence-electron chi connectivity index (χ3n) is 1.76. The molecule has 0 fully saturated rings. The lowest BCUT2D eigenvalue weighted by molar-refractivity contribution is 0.644. The monoisotopic (exact) mass is 197 g/mol. The Morgan fingerprint density at radius 2 is 2.31 bits per heavy atom. The number of thiazole rings is 1. The first-order valence-corrected chi connectivity index (χ1v) is 4.56. The third-order valence-corrected chi connectivity index (χ3v) is 2.74. The van der Waals surface area contributed by atoms with Crippen molar-refractivity contribution in [3.05, 3.63) is 23.0 Å². The first-order chi connectivity index (χ1) is 6.22. The van der Waals surface area contributed by atoms with Crippen molar-refractivity contribution >= 4 is 27.2 Å². The van der Waals surface area contributed by atoms with Crippen LogP contribution in [0.5, 0.6) is 0 Å². The summed E-state index contributed by atoms with van der Waals surface area (Å²) in [5.41, 5.74) is 3.28. The van der Waals surface area contributed by atoms with E-state index >= 15 is 0 Å². The molecule has 0 unspecified atom stereocenters. The van der Waals surface area contributed by atoms with Crippen molar-refractivity contribution in [2.45, 2.75) is 6.92 Å². The van der Waals surface area contributed by atoms with Crippen LogP contribution in [-0.4, -0.2) is 4.98 Å². The van der Waals surface area contributed by atoms with Crippen molar-refractivity contribution in [2.75, 3.05) is 5.43 Å². The number of aromatic nitrogens is 1. The van der Waals surface area contributed by atoms with Crippen molar-refractivity contribution in [1.82, 2.24) is 4.98 Å². The molecule has 0 spiro atoms. The molecule has 3 nitrogen and oxygen atoms in total. The van der Waals surface area contributed by atoms with Gasteiger partial charge in [-0.2, -0.15) is 0 Å². The average molecular weight is 197 g/mol. The summed E-state index contributed by atoms with van der Waals surface area (Å²) in [6.07, 6.45) is 0. The Hall–Kier alpha value is -1.20. The maximum Gasteiger partial charge on any atom is 0.167 e. The molecule has 0 amide bonds. The van der Waals surface area contributed by atoms with Crippen LogP contribution < -0.4 is 11.3 Å². The van der Waals surface area contributed by atoms with E-state index in [2.05, 4.69) is 10.4 Å². The predicted molar refractivity (Wildman–Crippen MR) is 52.1 cm³/mol. The number of benzene rings is 1. The van der Waals surface area contributed by atoms with E-state index < -0.39 is 0 Å². The molecular formula is C8H8FN3S. The number of aryl methyl sites for hydroxylation is 1. The van der Waals surface area contributed by atoms with E-state index in [4.69, 9.17) is 5.84 Å². The number of hydrogen-bond donors (Lipinski definition) is 2. The van der Waals surface area contributed by atoms with Gasteiger partial charge in [0, 0.05) is 0 Å². The zero-order valence-corrected chi connectivity index (χ0v) is 7.78. The molecule has 0 radical (unpaired) electrons. The lowest BCUT2D eigenvalue weighted by Crippen LogP contribution is -2.08. The minimum atomic E-state index is -0.328. The number of nitrogens with two attached hydrogens (primary N) is 1. The summed E-state index contributed by atoms with van der Waals surface area (Å²) in [5.74, 6) is 4.81. The minimum absolute atomic E-state index is 0.302. The Morgan fingerprint density at radius 1 is 1.54 bits per heavy atom. The molecule has 0 aliphatic heterocycles. The number of anilines is 1. The van der Waals surface area contributed by atoms with E-state index in [0.29, 0.717) is 15.9 Å². The van der Waals surface area contributed by atoms with Gasteiger partial charge in [0.25, 0.3) is 0 Å². The predicted octanol–water partition coefficient (Wildman–Crippen LogP) is 2.03. The Balaban J connectivity index is 2.78. The van der Waals surface area contributed by atoms with Crippen LogP contribution in [-0.2, 0) is 0 Å². The molecule has 2 aromatic rings. The van der Waals surface area contributed by atoms with Gasteiger partial charge < -0.3 is 5.43 Å². The summed E-state index contributed by atoms with van der Waals surface area (Å²) >= 11 is 1.33. The van der Waals surface area contributed by atoms with Gasteiger partial charge >= 0.3 is 0 Å². The lowest BCUT2D eigenvalue weighted by atomic mass is 10.3. The molecule has 0 saturated heterocycles. The molecule has 0 aliphatic rings. The molecule has 0 aliphatic carbocycles. The summed E-state index contributed by atoms with van der Waals surface area (Å²) in [4.78, 5) is 4.16. The van der Waals surface area contributed by atoms with Crippen LogP contribution in [0.25, 0.3) is 10.2 Å². The summed E-state index contributed by atoms with van der Waals surface area (Å²) in [5, 5.41) is 0.850. The maximum absolute atomic E-state index is 13.5. The molecule has 2 rings (SSSR count). The van der Waals surface area contributed by atoms with Crippen molar-refractivity contribution in [3.8, 4) is 0 Å². The van der Waals surface area contributed by atoms with Gasteiger partial charge in [-0.1, -0.05) is 0 Å². The summed E-state index contributed by atoms with van der Waals surface area (Å²) in [6, 6.07) is 3.33. The van der Waals surface area contributed by atoms with Gasteiger partial charge in [0.15, 0.2) is 5.82 Å². The number of fused-ring (bicyclic) bond motifs is 1. The highest BCUT2D eigenvalue weighted by Gasteiger charge is 2.09. The molecular weight excluding hydrogens is 189 g/mol. The number of hydrogen-bond acceptors (Lipinski definition) is 4. The number of nitrogens with one attached hydrogen (secondary N) is 1. The molecule has 3 N–H and O–H groups in total. The maximum atomic E-state index is 13.5. The van der Waals surface area contributed by atoms with Gasteiger partial charge in [0.1, 0.15) is 0 Å². The van der Waals surface area contributed by atoms with Crippen molar-refractivity contribution in [1.29, 1.82) is 0 Å². The van der Waals surface area contributed by atoms with Gasteiger partial charge in [-0.05, 0) is 19.1 Å². The second-order valence-electron chi connectivity index (χ2n) is 2.65. The van der Waals surface area contributed by atoms with Gasteiger partial charge in [0.2, 0.25) is 0 Å². The normalized spacial score (nSPS) is 10.7. The molecule has 1 aromatic heterocycles. The molecule has 5 heteroatoms. The van der Waals surface area contributed by atoms with Gasteiger partial charge in [0.05, 0.1) is 20.9 Å². The summed E-state index contributed by atoms with van der Waals surface area (Å²) < 4.78 is 14.1. The number of halogens is 1. The molecule has 0 atom stereocenters.